The van der Waals surface area contributed by atoms with Crippen molar-refractivity contribution in [1.82, 2.24) is 14.5 Å². The predicted octanol–water partition coefficient (Wildman–Crippen LogP) is 0.811. The first-order valence-corrected chi connectivity index (χ1v) is 9.64. The molecule has 1 aromatic carbocycles. The highest BCUT2D eigenvalue weighted by molar-refractivity contribution is 5.59. The molecule has 0 aliphatic carbocycles. The number of aryl methyl sites for hydroxylation is 1. The van der Waals surface area contributed by atoms with E-state index in [0.29, 0.717) is 11.9 Å². The Morgan fingerprint density at radius 3 is 2.93 bits per heavy atom. The highest BCUT2D eigenvalue weighted by Gasteiger charge is 2.25. The summed E-state index contributed by atoms with van der Waals surface area (Å²) >= 11 is 0. The van der Waals surface area contributed by atoms with E-state index in [4.69, 9.17) is 0 Å². The van der Waals surface area contributed by atoms with Crippen LogP contribution in [-0.4, -0.2) is 34.8 Å². The van der Waals surface area contributed by atoms with Gasteiger partial charge in [0.05, 0.1) is 0 Å². The molecule has 1 aromatic heterocycles. The summed E-state index contributed by atoms with van der Waals surface area (Å²) in [7, 11) is 3.23. The third-order valence-electron chi connectivity index (χ3n) is 5.76. The average Bonchev–Trinajstić information content (AvgIpc) is 3.16. The second-order valence-electron chi connectivity index (χ2n) is 7.54. The van der Waals surface area contributed by atoms with Crippen molar-refractivity contribution in [2.45, 2.75) is 31.8 Å². The third kappa shape index (κ3) is 3.39. The zero-order valence-electron chi connectivity index (χ0n) is 16.0. The first-order valence-electron chi connectivity index (χ1n) is 9.64. The van der Waals surface area contributed by atoms with Gasteiger partial charge in [0.25, 0.3) is 5.56 Å². The Morgan fingerprint density at radius 2 is 2.07 bits per heavy atom. The van der Waals surface area contributed by atoms with Gasteiger partial charge in [-0.2, -0.15) is 0 Å². The zero-order chi connectivity index (χ0) is 19.0. The first kappa shape index (κ1) is 17.9. The predicted molar refractivity (Wildman–Crippen MR) is 108 cm³/mol. The highest BCUT2D eigenvalue weighted by atomic mass is 16.2. The van der Waals surface area contributed by atoms with Gasteiger partial charge in [0.1, 0.15) is 5.82 Å². The van der Waals surface area contributed by atoms with Gasteiger partial charge in [-0.25, -0.2) is 4.79 Å². The molecule has 2 aromatic rings. The van der Waals surface area contributed by atoms with Gasteiger partial charge in [-0.15, -0.1) is 0 Å². The van der Waals surface area contributed by atoms with Crippen molar-refractivity contribution in [1.29, 1.82) is 0 Å². The fraction of sp³-hybridized carbons (Fsp3) is 0.500. The number of anilines is 2. The number of nitrogens with one attached hydrogen (secondary N) is 2. The van der Waals surface area contributed by atoms with E-state index in [0.717, 1.165) is 43.6 Å². The standard InChI is InChI=1S/C20H27N5O2/c1-23-17(11-18(26)24(2)20(23)27)25-10-8-16(13-25)22-12-15-6-3-5-14-7-4-9-21-19(14)15/h3,5-6,11,16,21-22H,4,7-10,12-13H2,1-2H3/t16-/m1/s1. The second-order valence-corrected chi connectivity index (χ2v) is 7.54. The van der Waals surface area contributed by atoms with Crippen molar-refractivity contribution in [3.05, 3.63) is 56.2 Å². The third-order valence-corrected chi connectivity index (χ3v) is 5.76. The molecule has 144 valence electrons. The topological polar surface area (TPSA) is 71.3 Å². The Kier molecular flexibility index (Phi) is 4.78. The number of hydrogen-bond acceptors (Lipinski definition) is 5. The minimum Gasteiger partial charge on any atom is -0.385 e. The maximum atomic E-state index is 12.2. The van der Waals surface area contributed by atoms with Crippen LogP contribution in [0.15, 0.2) is 33.9 Å². The summed E-state index contributed by atoms with van der Waals surface area (Å²) in [5, 5.41) is 7.20. The van der Waals surface area contributed by atoms with Crippen LogP contribution >= 0.6 is 0 Å². The van der Waals surface area contributed by atoms with Crippen LogP contribution in [0.3, 0.4) is 0 Å². The molecule has 0 spiro atoms. The Balaban J connectivity index is 1.44. The van der Waals surface area contributed by atoms with Gasteiger partial charge < -0.3 is 15.5 Å². The molecule has 0 radical (unpaired) electrons. The second kappa shape index (κ2) is 7.23. The van der Waals surface area contributed by atoms with E-state index in [-0.39, 0.29) is 11.2 Å². The maximum absolute atomic E-state index is 12.2. The molecule has 2 aliphatic rings. The van der Waals surface area contributed by atoms with Gasteiger partial charge in [0.2, 0.25) is 0 Å². The molecule has 27 heavy (non-hydrogen) atoms. The van der Waals surface area contributed by atoms with Crippen LogP contribution in [0.25, 0.3) is 0 Å². The summed E-state index contributed by atoms with van der Waals surface area (Å²) in [5.74, 6) is 0.700. The smallest absolute Gasteiger partial charge is 0.332 e. The average molecular weight is 369 g/mol. The Labute approximate surface area is 158 Å². The molecule has 1 saturated heterocycles. The SMILES string of the molecule is Cn1c(N2CC[C@@H](NCc3cccc4c3NCCC4)C2)cc(=O)n(C)c1=O. The van der Waals surface area contributed by atoms with Gasteiger partial charge >= 0.3 is 5.69 Å². The van der Waals surface area contributed by atoms with Crippen molar-refractivity contribution in [3.8, 4) is 0 Å². The molecule has 2 aliphatic heterocycles. The van der Waals surface area contributed by atoms with Gasteiger partial charge in [0, 0.05) is 58.1 Å². The molecule has 7 heteroatoms. The molecule has 0 bridgehead atoms. The Morgan fingerprint density at radius 1 is 1.22 bits per heavy atom. The van der Waals surface area contributed by atoms with E-state index in [9.17, 15) is 9.59 Å². The summed E-state index contributed by atoms with van der Waals surface area (Å²) in [4.78, 5) is 26.3. The lowest BCUT2D eigenvalue weighted by Gasteiger charge is -2.23. The minimum atomic E-state index is -0.282. The van der Waals surface area contributed by atoms with Gasteiger partial charge in [0.15, 0.2) is 0 Å². The zero-order valence-corrected chi connectivity index (χ0v) is 16.0. The maximum Gasteiger partial charge on any atom is 0.332 e. The summed E-state index contributed by atoms with van der Waals surface area (Å²) in [6.07, 6.45) is 3.33. The van der Waals surface area contributed by atoms with Crippen molar-refractivity contribution in [3.63, 3.8) is 0 Å². The number of nitrogens with zero attached hydrogens (tertiary/aromatic N) is 3. The normalized spacial score (nSPS) is 19.0. The van der Waals surface area contributed by atoms with E-state index in [1.165, 1.54) is 30.3 Å². The fourth-order valence-electron chi connectivity index (χ4n) is 4.14. The van der Waals surface area contributed by atoms with Crippen LogP contribution in [-0.2, 0) is 27.1 Å². The molecule has 0 unspecified atom stereocenters. The van der Waals surface area contributed by atoms with Crippen LogP contribution in [0.2, 0.25) is 0 Å². The molecule has 7 nitrogen and oxygen atoms in total. The number of hydrogen-bond donors (Lipinski definition) is 2. The molecule has 0 saturated carbocycles. The van der Waals surface area contributed by atoms with E-state index in [1.807, 2.05) is 0 Å². The van der Waals surface area contributed by atoms with Gasteiger partial charge in [-0.1, -0.05) is 18.2 Å². The molecule has 4 rings (SSSR count). The minimum absolute atomic E-state index is 0.258. The summed E-state index contributed by atoms with van der Waals surface area (Å²) in [5.41, 5.74) is 3.47. The van der Waals surface area contributed by atoms with Crippen molar-refractivity contribution < 1.29 is 0 Å². The summed E-state index contributed by atoms with van der Waals surface area (Å²) in [6.45, 7) is 3.49. The molecule has 1 fully saturated rings. The summed E-state index contributed by atoms with van der Waals surface area (Å²) < 4.78 is 2.70. The lowest BCUT2D eigenvalue weighted by molar-refractivity contribution is 0.550. The number of fused-ring (bicyclic) bond motifs is 1. The van der Waals surface area contributed by atoms with Gasteiger partial charge in [-0.05, 0) is 30.4 Å². The number of aromatic nitrogens is 2. The molecule has 1 atom stereocenters. The Bertz CT molecular complexity index is 962. The van der Waals surface area contributed by atoms with Crippen LogP contribution < -0.4 is 26.8 Å². The monoisotopic (exact) mass is 369 g/mol. The fourth-order valence-corrected chi connectivity index (χ4v) is 4.14. The molecular weight excluding hydrogens is 342 g/mol. The lowest BCUT2D eigenvalue weighted by Crippen LogP contribution is -2.40. The molecular formula is C20H27N5O2. The molecule has 2 N–H and O–H groups in total. The van der Waals surface area contributed by atoms with Crippen LogP contribution in [0.4, 0.5) is 11.5 Å². The van der Waals surface area contributed by atoms with E-state index in [2.05, 4.69) is 33.7 Å². The number of para-hydroxylation sites is 1. The largest absolute Gasteiger partial charge is 0.385 e. The van der Waals surface area contributed by atoms with E-state index < -0.39 is 0 Å². The van der Waals surface area contributed by atoms with Crippen molar-refractivity contribution >= 4 is 11.5 Å². The quantitative estimate of drug-likeness (QED) is 0.835. The highest BCUT2D eigenvalue weighted by Crippen LogP contribution is 2.26. The number of rotatable bonds is 4. The Hall–Kier alpha value is -2.54. The first-order chi connectivity index (χ1) is 13.0. The van der Waals surface area contributed by atoms with E-state index in [1.54, 1.807) is 17.7 Å². The molecule has 0 amide bonds. The summed E-state index contributed by atoms with van der Waals surface area (Å²) in [6, 6.07) is 8.42. The van der Waals surface area contributed by atoms with Gasteiger partial charge in [-0.3, -0.25) is 13.9 Å². The van der Waals surface area contributed by atoms with E-state index >= 15 is 0 Å². The van der Waals surface area contributed by atoms with Crippen LogP contribution in [0.1, 0.15) is 24.0 Å². The van der Waals surface area contributed by atoms with Crippen LogP contribution in [0.5, 0.6) is 0 Å². The number of benzene rings is 1. The van der Waals surface area contributed by atoms with Crippen molar-refractivity contribution in [2.75, 3.05) is 29.9 Å². The van der Waals surface area contributed by atoms with Crippen molar-refractivity contribution in [2.24, 2.45) is 14.1 Å². The van der Waals surface area contributed by atoms with Crippen LogP contribution in [0, 0.1) is 0 Å². The lowest BCUT2D eigenvalue weighted by atomic mass is 9.99. The molecule has 3 heterocycles.